The van der Waals surface area contributed by atoms with Crippen LogP contribution in [0.1, 0.15) is 12.6 Å². The normalized spacial score (nSPS) is 17.5. The number of halogens is 1. The molecule has 1 aromatic carbocycles. The second-order valence-corrected chi connectivity index (χ2v) is 7.11. The summed E-state index contributed by atoms with van der Waals surface area (Å²) in [5, 5.41) is 2.60. The van der Waals surface area contributed by atoms with Gasteiger partial charge < -0.3 is 4.74 Å². The van der Waals surface area contributed by atoms with Gasteiger partial charge >= 0.3 is 5.97 Å². The Labute approximate surface area is 156 Å². The molecule has 25 heavy (non-hydrogen) atoms. The topological polar surface area (TPSA) is 73.3 Å². The van der Waals surface area contributed by atoms with Crippen LogP contribution in [-0.2, 0) is 19.1 Å². The highest BCUT2D eigenvalue weighted by atomic mass is 79.9. The number of rotatable bonds is 4. The minimum Gasteiger partial charge on any atom is -0.430 e. The van der Waals surface area contributed by atoms with Crippen molar-refractivity contribution < 1.29 is 19.1 Å². The van der Waals surface area contributed by atoms with Crippen LogP contribution in [-0.4, -0.2) is 22.5 Å². The average Bonchev–Trinajstić information content (AvgIpc) is 3.01. The number of aromatic nitrogens is 1. The molecule has 7 heteroatoms. The lowest BCUT2D eigenvalue weighted by Gasteiger charge is -2.15. The number of esters is 1. The van der Waals surface area contributed by atoms with E-state index in [9.17, 15) is 14.4 Å². The predicted molar refractivity (Wildman–Crippen MR) is 97.6 cm³/mol. The van der Waals surface area contributed by atoms with Gasteiger partial charge in [0, 0.05) is 21.5 Å². The highest BCUT2D eigenvalue weighted by Crippen LogP contribution is 2.26. The number of cyclic esters (lactones) is 1. The molecular weight excluding hydrogens is 406 g/mol. The van der Waals surface area contributed by atoms with Crippen molar-refractivity contribution in [3.8, 4) is 10.6 Å². The van der Waals surface area contributed by atoms with Gasteiger partial charge in [0.15, 0.2) is 17.5 Å². The molecule has 3 rings (SSSR count). The molecule has 126 valence electrons. The highest BCUT2D eigenvalue weighted by molar-refractivity contribution is 9.10. The number of ketones is 2. The fourth-order valence-corrected chi connectivity index (χ4v) is 3.47. The minimum atomic E-state index is -1.43. The number of carbonyl (C=O) groups is 3. The van der Waals surface area contributed by atoms with Crippen LogP contribution in [0.5, 0.6) is 0 Å². The Kier molecular flexibility index (Phi) is 5.06. The van der Waals surface area contributed by atoms with Gasteiger partial charge in [0.2, 0.25) is 0 Å². The van der Waals surface area contributed by atoms with Crippen molar-refractivity contribution in [2.75, 3.05) is 0 Å². The molecule has 0 spiro atoms. The third-order valence-corrected chi connectivity index (χ3v) is 4.83. The van der Waals surface area contributed by atoms with Crippen LogP contribution < -0.4 is 0 Å². The fourth-order valence-electron chi connectivity index (χ4n) is 2.28. The second-order valence-electron chi connectivity index (χ2n) is 5.34. The first-order valence-corrected chi connectivity index (χ1v) is 8.98. The molecule has 0 bridgehead atoms. The van der Waals surface area contributed by atoms with Crippen molar-refractivity contribution in [3.63, 3.8) is 0 Å². The van der Waals surface area contributed by atoms with Crippen molar-refractivity contribution >= 4 is 50.9 Å². The van der Waals surface area contributed by atoms with E-state index < -0.39 is 23.5 Å². The Morgan fingerprint density at radius 2 is 2.16 bits per heavy atom. The lowest BCUT2D eigenvalue weighted by molar-refractivity contribution is -0.151. The van der Waals surface area contributed by atoms with Crippen LogP contribution >= 0.6 is 27.3 Å². The van der Waals surface area contributed by atoms with E-state index in [1.54, 1.807) is 5.38 Å². The number of allylic oxidation sites excluding steroid dienone is 3. The molecule has 0 amide bonds. The second kappa shape index (κ2) is 7.25. The molecule has 1 aliphatic heterocycles. The molecule has 0 N–H and O–H groups in total. The van der Waals surface area contributed by atoms with E-state index >= 15 is 0 Å². The first-order valence-electron chi connectivity index (χ1n) is 7.31. The molecule has 2 heterocycles. The van der Waals surface area contributed by atoms with E-state index in [-0.39, 0.29) is 5.76 Å². The zero-order valence-corrected chi connectivity index (χ0v) is 15.5. The number of ether oxygens (including phenoxy) is 1. The molecule has 2 aromatic rings. The van der Waals surface area contributed by atoms with E-state index in [2.05, 4.69) is 20.9 Å². The summed E-state index contributed by atoms with van der Waals surface area (Å²) in [5.74, 6) is -3.25. The summed E-state index contributed by atoms with van der Waals surface area (Å²) in [6.07, 6.45) is 3.84. The van der Waals surface area contributed by atoms with Gasteiger partial charge in [-0.05, 0) is 31.2 Å². The Hall–Kier alpha value is -2.38. The molecule has 0 fully saturated rings. The smallest absolute Gasteiger partial charge is 0.329 e. The number of carbonyl (C=O) groups excluding carboxylic acids is 3. The van der Waals surface area contributed by atoms with Gasteiger partial charge in [-0.25, -0.2) is 4.98 Å². The van der Waals surface area contributed by atoms with Gasteiger partial charge in [0.1, 0.15) is 10.8 Å². The highest BCUT2D eigenvalue weighted by Gasteiger charge is 2.36. The Balaban J connectivity index is 1.76. The van der Waals surface area contributed by atoms with E-state index in [4.69, 9.17) is 4.74 Å². The van der Waals surface area contributed by atoms with Crippen LogP contribution in [0.25, 0.3) is 16.6 Å². The predicted octanol–water partition coefficient (Wildman–Crippen LogP) is 3.80. The van der Waals surface area contributed by atoms with Crippen molar-refractivity contribution in [2.45, 2.75) is 6.92 Å². The molecule has 0 aliphatic carbocycles. The average molecular weight is 418 g/mol. The van der Waals surface area contributed by atoms with Gasteiger partial charge in [-0.3, -0.25) is 14.4 Å². The molecule has 5 nitrogen and oxygen atoms in total. The monoisotopic (exact) mass is 417 g/mol. The summed E-state index contributed by atoms with van der Waals surface area (Å²) in [6.45, 7) is 1.49. The molecule has 1 aromatic heterocycles. The number of hydrogen-bond acceptors (Lipinski definition) is 6. The van der Waals surface area contributed by atoms with Gasteiger partial charge in [-0.1, -0.05) is 28.1 Å². The standard InChI is InChI=1S/C18H12BrNO4S/c1-10-7-15(22)16(18(23)24-10)14(21)6-5-13-9-25-17(20-13)11-3-2-4-12(19)8-11/h2-9,16H,1H3. The van der Waals surface area contributed by atoms with Gasteiger partial charge in [-0.15, -0.1) is 11.3 Å². The third kappa shape index (κ3) is 4.00. The number of hydrogen-bond donors (Lipinski definition) is 0. The van der Waals surface area contributed by atoms with Crippen LogP contribution in [0.3, 0.4) is 0 Å². The first kappa shape index (κ1) is 17.4. The van der Waals surface area contributed by atoms with Crippen molar-refractivity contribution in [1.82, 2.24) is 4.98 Å². The molecule has 1 atom stereocenters. The van der Waals surface area contributed by atoms with Gasteiger partial charge in [-0.2, -0.15) is 0 Å². The van der Waals surface area contributed by atoms with E-state index in [1.165, 1.54) is 30.4 Å². The maximum absolute atomic E-state index is 12.2. The van der Waals surface area contributed by atoms with Crippen LogP contribution in [0.4, 0.5) is 0 Å². The number of thiazole rings is 1. The SMILES string of the molecule is CC1=CC(=O)C(C(=O)C=Cc2csc(-c3cccc(Br)c3)n2)C(=O)O1. The Morgan fingerprint density at radius 3 is 2.88 bits per heavy atom. The molecule has 1 unspecified atom stereocenters. The van der Waals surface area contributed by atoms with E-state index in [0.717, 1.165) is 21.1 Å². The summed E-state index contributed by atoms with van der Waals surface area (Å²) >= 11 is 4.85. The van der Waals surface area contributed by atoms with E-state index in [0.29, 0.717) is 5.69 Å². The summed E-state index contributed by atoms with van der Waals surface area (Å²) in [5.41, 5.74) is 1.54. The summed E-state index contributed by atoms with van der Waals surface area (Å²) < 4.78 is 5.79. The quantitative estimate of drug-likeness (QED) is 0.429. The largest absolute Gasteiger partial charge is 0.430 e. The van der Waals surface area contributed by atoms with Crippen molar-refractivity contribution in [3.05, 3.63) is 57.7 Å². The van der Waals surface area contributed by atoms with Crippen LogP contribution in [0, 0.1) is 5.92 Å². The maximum atomic E-state index is 12.2. The Morgan fingerprint density at radius 1 is 1.36 bits per heavy atom. The summed E-state index contributed by atoms with van der Waals surface area (Å²) in [4.78, 5) is 40.2. The lowest BCUT2D eigenvalue weighted by atomic mass is 9.96. The van der Waals surface area contributed by atoms with Gasteiger partial charge in [0.25, 0.3) is 0 Å². The van der Waals surface area contributed by atoms with Crippen LogP contribution in [0.15, 0.2) is 52.0 Å². The molecule has 0 saturated carbocycles. The zero-order valence-electron chi connectivity index (χ0n) is 13.1. The first-order chi connectivity index (χ1) is 11.9. The maximum Gasteiger partial charge on any atom is 0.329 e. The molecule has 0 saturated heterocycles. The number of benzene rings is 1. The summed E-state index contributed by atoms with van der Waals surface area (Å²) in [7, 11) is 0. The third-order valence-electron chi connectivity index (χ3n) is 3.42. The fraction of sp³-hybridized carbons (Fsp3) is 0.111. The molecular formula is C18H12BrNO4S. The number of nitrogens with zero attached hydrogens (tertiary/aromatic N) is 1. The summed E-state index contributed by atoms with van der Waals surface area (Å²) in [6, 6.07) is 7.72. The lowest BCUT2D eigenvalue weighted by Crippen LogP contribution is -2.34. The Bertz CT molecular complexity index is 929. The van der Waals surface area contributed by atoms with E-state index in [1.807, 2.05) is 24.3 Å². The molecule has 1 aliphatic rings. The zero-order chi connectivity index (χ0) is 18.0. The minimum absolute atomic E-state index is 0.196. The van der Waals surface area contributed by atoms with Crippen molar-refractivity contribution in [1.29, 1.82) is 0 Å². The van der Waals surface area contributed by atoms with Crippen molar-refractivity contribution in [2.24, 2.45) is 5.92 Å². The molecule has 0 radical (unpaired) electrons. The van der Waals surface area contributed by atoms with Gasteiger partial charge in [0.05, 0.1) is 5.69 Å². The van der Waals surface area contributed by atoms with Crippen LogP contribution in [0.2, 0.25) is 0 Å².